The Hall–Kier alpha value is -2.66. The van der Waals surface area contributed by atoms with Gasteiger partial charge in [-0.05, 0) is 100 Å². The molecule has 4 N–H and O–H groups in total. The van der Waals surface area contributed by atoms with Gasteiger partial charge in [-0.1, -0.05) is 11.6 Å². The summed E-state index contributed by atoms with van der Waals surface area (Å²) in [4.78, 5) is 70.9. The Bertz CT molecular complexity index is 1480. The van der Waals surface area contributed by atoms with Crippen molar-refractivity contribution >= 4 is 40.6 Å². The van der Waals surface area contributed by atoms with Crippen molar-refractivity contribution in [2.75, 3.05) is 20.6 Å². The van der Waals surface area contributed by atoms with E-state index in [0.29, 0.717) is 29.0 Å². The molecule has 5 saturated carbocycles. The molecule has 230 valence electrons. The van der Waals surface area contributed by atoms with Gasteiger partial charge in [0.05, 0.1) is 17.5 Å². The average Bonchev–Trinajstić information content (AvgIpc) is 3.78. The number of fused-ring (bicyclic) bond motifs is 3. The summed E-state index contributed by atoms with van der Waals surface area (Å²) in [6, 6.07) is 0.396. The van der Waals surface area contributed by atoms with Gasteiger partial charge in [0, 0.05) is 29.6 Å². The average molecular weight is 612 g/mol. The second kappa shape index (κ2) is 9.67. The van der Waals surface area contributed by atoms with Gasteiger partial charge in [-0.3, -0.25) is 33.8 Å². The summed E-state index contributed by atoms with van der Waals surface area (Å²) in [5.74, 6) is -9.16. The summed E-state index contributed by atoms with van der Waals surface area (Å²) in [5.41, 5.74) is 4.00. The van der Waals surface area contributed by atoms with Crippen molar-refractivity contribution in [2.24, 2.45) is 41.2 Å². The third-order valence-electron chi connectivity index (χ3n) is 11.3. The number of benzene rings is 1. The van der Waals surface area contributed by atoms with Crippen LogP contribution in [0, 0.1) is 35.5 Å². The maximum atomic E-state index is 14.0. The fraction of sp³-hybridized carbons (Fsp3) is 0.656. The van der Waals surface area contributed by atoms with E-state index in [9.17, 15) is 34.2 Å². The van der Waals surface area contributed by atoms with Crippen LogP contribution >= 0.6 is 11.6 Å². The van der Waals surface area contributed by atoms with E-state index >= 15 is 0 Å². The number of amides is 1. The van der Waals surface area contributed by atoms with Crippen molar-refractivity contribution in [3.8, 4) is 5.75 Å². The number of phenolic OH excluding ortho intramolecular Hbond substituents is 1. The molecule has 1 aromatic rings. The number of primary amides is 1. The van der Waals surface area contributed by atoms with Gasteiger partial charge in [0.1, 0.15) is 5.75 Å². The summed E-state index contributed by atoms with van der Waals surface area (Å²) in [5, 5.41) is 23.3. The van der Waals surface area contributed by atoms with E-state index < -0.39 is 64.4 Å². The Morgan fingerprint density at radius 3 is 2.33 bits per heavy atom. The van der Waals surface area contributed by atoms with Crippen LogP contribution < -0.4 is 5.73 Å². The van der Waals surface area contributed by atoms with Crippen molar-refractivity contribution in [1.29, 1.82) is 0 Å². The fourth-order valence-electron chi connectivity index (χ4n) is 8.78. The van der Waals surface area contributed by atoms with Crippen LogP contribution in [-0.4, -0.2) is 86.9 Å². The Labute approximate surface area is 254 Å². The molecule has 0 aliphatic heterocycles. The minimum Gasteiger partial charge on any atom is -0.507 e. The number of phenols is 1. The monoisotopic (exact) mass is 611 g/mol. The van der Waals surface area contributed by atoms with Crippen LogP contribution in [-0.2, 0) is 32.1 Å². The summed E-state index contributed by atoms with van der Waals surface area (Å²) >= 11 is 7.05. The summed E-state index contributed by atoms with van der Waals surface area (Å²) in [6.45, 7) is 1.56. The van der Waals surface area contributed by atoms with Crippen molar-refractivity contribution in [3.63, 3.8) is 0 Å². The minimum atomic E-state index is -2.74. The fourth-order valence-corrected chi connectivity index (χ4v) is 9.06. The summed E-state index contributed by atoms with van der Waals surface area (Å²) in [6.07, 6.45) is 7.41. The first-order chi connectivity index (χ1) is 20.3. The molecule has 0 radical (unpaired) electrons. The molecule has 0 saturated heterocycles. The molecule has 0 bridgehead atoms. The third kappa shape index (κ3) is 4.20. The van der Waals surface area contributed by atoms with Crippen LogP contribution in [0.3, 0.4) is 0 Å². The van der Waals surface area contributed by atoms with Crippen LogP contribution in [0.2, 0.25) is 5.02 Å². The van der Waals surface area contributed by atoms with E-state index in [0.717, 1.165) is 24.9 Å². The lowest BCUT2D eigenvalue weighted by Gasteiger charge is -2.52. The molecule has 6 aliphatic carbocycles. The number of carbonyl (C=O) groups excluding carboxylic acids is 5. The Kier molecular flexibility index (Phi) is 6.54. The van der Waals surface area contributed by atoms with Gasteiger partial charge < -0.3 is 15.9 Å². The molecule has 0 aromatic heterocycles. The van der Waals surface area contributed by atoms with Crippen LogP contribution in [0.25, 0.3) is 0 Å². The SMILES string of the molecule is CN(C)[C@@H]1C(=O)C(C(N)=O)C(=O)[C@@]2(O)C(=O)C3C(=O)c4c(O)cc(CN(CC5CC5)C5(C6CC6)CC5)c(Cl)c4C[C@H]3C[C@@H]12. The predicted molar refractivity (Wildman–Crippen MR) is 154 cm³/mol. The summed E-state index contributed by atoms with van der Waals surface area (Å²) in [7, 11) is 3.13. The number of nitrogens with two attached hydrogens (primary N) is 1. The minimum absolute atomic E-state index is 0.00378. The lowest BCUT2D eigenvalue weighted by Crippen LogP contribution is -2.74. The van der Waals surface area contributed by atoms with E-state index in [-0.39, 0.29) is 29.7 Å². The third-order valence-corrected chi connectivity index (χ3v) is 11.8. The highest BCUT2D eigenvalue weighted by Crippen LogP contribution is 2.59. The van der Waals surface area contributed by atoms with Crippen molar-refractivity contribution in [3.05, 3.63) is 27.8 Å². The van der Waals surface area contributed by atoms with E-state index in [1.807, 2.05) is 0 Å². The number of hydrogen-bond donors (Lipinski definition) is 3. The molecule has 6 atom stereocenters. The molecule has 10 nitrogen and oxygen atoms in total. The van der Waals surface area contributed by atoms with Crippen LogP contribution in [0.4, 0.5) is 0 Å². The molecule has 7 rings (SSSR count). The quantitative estimate of drug-likeness (QED) is 0.372. The molecule has 6 aliphatic rings. The number of nitrogens with zero attached hydrogens (tertiary/aromatic N) is 2. The Balaban J connectivity index is 1.25. The van der Waals surface area contributed by atoms with Gasteiger partial charge in [-0.25, -0.2) is 0 Å². The number of Topliss-reactive ketones (excluding diaryl/α,β-unsaturated/α-hetero) is 4. The maximum Gasteiger partial charge on any atom is 0.235 e. The van der Waals surface area contributed by atoms with E-state index in [4.69, 9.17) is 17.3 Å². The van der Waals surface area contributed by atoms with Gasteiger partial charge in [0.2, 0.25) is 5.91 Å². The lowest BCUT2D eigenvalue weighted by molar-refractivity contribution is -0.181. The smallest absolute Gasteiger partial charge is 0.235 e. The molecular weight excluding hydrogens is 574 g/mol. The standard InChI is InChI=1S/C32H38ClN3O7/c1-35(2)25-19-10-15-9-18-22(26(38)21(15)28(40)32(19,43)29(41)23(27(25)39)30(34)42)20(37)11-16(24(18)33)13-36(12-14-3-4-14)31(7-8-31)17-5-6-17/h11,14-15,17,19,21,23,25,37,43H,3-10,12-13H2,1-2H3,(H2,34,42)/t15-,19-,21?,23?,25-,32-/m0/s1. The second-order valence-electron chi connectivity index (χ2n) is 14.2. The molecule has 5 fully saturated rings. The first kappa shape index (κ1) is 29.1. The van der Waals surface area contributed by atoms with E-state index in [1.54, 1.807) is 14.1 Å². The van der Waals surface area contributed by atoms with E-state index in [1.165, 1.54) is 36.6 Å². The topological polar surface area (TPSA) is 158 Å². The van der Waals surface area contributed by atoms with Crippen molar-refractivity contribution in [2.45, 2.75) is 75.1 Å². The largest absolute Gasteiger partial charge is 0.507 e. The van der Waals surface area contributed by atoms with Crippen LogP contribution in [0.1, 0.15) is 66.4 Å². The van der Waals surface area contributed by atoms with Gasteiger partial charge in [0.15, 0.2) is 34.7 Å². The first-order valence-corrected chi connectivity index (χ1v) is 15.8. The highest BCUT2D eigenvalue weighted by molar-refractivity contribution is 6.34. The molecule has 11 heteroatoms. The number of hydrogen-bond acceptors (Lipinski definition) is 9. The number of ketones is 4. The zero-order chi connectivity index (χ0) is 30.7. The highest BCUT2D eigenvalue weighted by atomic mass is 35.5. The van der Waals surface area contributed by atoms with Gasteiger partial charge in [-0.2, -0.15) is 0 Å². The Morgan fingerprint density at radius 1 is 1.09 bits per heavy atom. The second-order valence-corrected chi connectivity index (χ2v) is 14.6. The number of carbonyl (C=O) groups is 5. The van der Waals surface area contributed by atoms with Gasteiger partial charge >= 0.3 is 0 Å². The normalized spacial score (nSPS) is 34.7. The maximum absolute atomic E-state index is 14.0. The summed E-state index contributed by atoms with van der Waals surface area (Å²) < 4.78 is 0. The highest BCUT2D eigenvalue weighted by Gasteiger charge is 2.69. The van der Waals surface area contributed by atoms with Gasteiger partial charge in [-0.15, -0.1) is 0 Å². The zero-order valence-corrected chi connectivity index (χ0v) is 25.2. The predicted octanol–water partition coefficient (Wildman–Crippen LogP) is 1.68. The first-order valence-electron chi connectivity index (χ1n) is 15.4. The van der Waals surface area contributed by atoms with Crippen molar-refractivity contribution in [1.82, 2.24) is 9.80 Å². The van der Waals surface area contributed by atoms with Crippen LogP contribution in [0.5, 0.6) is 5.75 Å². The number of halogens is 1. The molecule has 0 heterocycles. The number of aliphatic hydroxyl groups is 1. The van der Waals surface area contributed by atoms with Crippen molar-refractivity contribution < 1.29 is 34.2 Å². The van der Waals surface area contributed by atoms with Crippen LogP contribution in [0.15, 0.2) is 6.07 Å². The number of likely N-dealkylation sites (N-methyl/N-ethyl adjacent to an activating group) is 1. The Morgan fingerprint density at radius 2 is 1.77 bits per heavy atom. The molecule has 43 heavy (non-hydrogen) atoms. The lowest BCUT2D eigenvalue weighted by atomic mass is 9.52. The molecule has 1 aromatic carbocycles. The molecule has 1 amide bonds. The molecule has 2 unspecified atom stereocenters. The molecule has 0 spiro atoms. The molecular formula is C32H38ClN3O7. The number of aromatic hydroxyl groups is 1. The van der Waals surface area contributed by atoms with Gasteiger partial charge in [0.25, 0.3) is 0 Å². The van der Waals surface area contributed by atoms with E-state index in [2.05, 4.69) is 4.90 Å². The zero-order valence-electron chi connectivity index (χ0n) is 24.5. The number of rotatable bonds is 8.